The van der Waals surface area contributed by atoms with Gasteiger partial charge in [-0.05, 0) is 68.9 Å². The van der Waals surface area contributed by atoms with Gasteiger partial charge in [0.15, 0.2) is 5.65 Å². The molecule has 5 rings (SSSR count). The zero-order valence-electron chi connectivity index (χ0n) is 17.8. The third-order valence-corrected chi connectivity index (χ3v) is 5.95. The number of ether oxygens (including phenoxy) is 1. The van der Waals surface area contributed by atoms with E-state index in [-0.39, 0.29) is 12.4 Å². The van der Waals surface area contributed by atoms with Gasteiger partial charge in [0.05, 0.1) is 18.0 Å². The molecule has 0 aliphatic carbocycles. The first-order chi connectivity index (χ1) is 14.6. The molecule has 8 heteroatoms. The van der Waals surface area contributed by atoms with Crippen molar-refractivity contribution in [2.24, 2.45) is 0 Å². The lowest BCUT2D eigenvalue weighted by Gasteiger charge is -2.29. The van der Waals surface area contributed by atoms with Crippen LogP contribution in [0.5, 0.6) is 5.75 Å². The minimum atomic E-state index is 0. The number of benzene rings is 2. The summed E-state index contributed by atoms with van der Waals surface area (Å²) in [5.74, 6) is 1.35. The van der Waals surface area contributed by atoms with Gasteiger partial charge in [-0.2, -0.15) is 5.10 Å². The molecule has 1 aliphatic heterocycles. The van der Waals surface area contributed by atoms with Crippen molar-refractivity contribution in [1.82, 2.24) is 24.6 Å². The fourth-order valence-electron chi connectivity index (χ4n) is 4.32. The number of likely N-dealkylation sites (tertiary alicyclic amines) is 1. The first-order valence-electron chi connectivity index (χ1n) is 10.5. The van der Waals surface area contributed by atoms with Crippen LogP contribution in [0, 0.1) is 0 Å². The van der Waals surface area contributed by atoms with Gasteiger partial charge in [-0.1, -0.05) is 18.2 Å². The summed E-state index contributed by atoms with van der Waals surface area (Å²) in [4.78, 5) is 11.2. The lowest BCUT2D eigenvalue weighted by atomic mass is 10.0. The number of hydrogen-bond acceptors (Lipinski definition) is 6. The first-order valence-corrected chi connectivity index (χ1v) is 10.5. The third-order valence-electron chi connectivity index (χ3n) is 5.95. The van der Waals surface area contributed by atoms with E-state index in [9.17, 15) is 0 Å². The van der Waals surface area contributed by atoms with E-state index in [1.165, 1.54) is 6.33 Å². The summed E-state index contributed by atoms with van der Waals surface area (Å²) >= 11 is 0. The summed E-state index contributed by atoms with van der Waals surface area (Å²) in [6, 6.07) is 12.8. The summed E-state index contributed by atoms with van der Waals surface area (Å²) in [7, 11) is 2.16. The number of aromatic nitrogens is 4. The van der Waals surface area contributed by atoms with Crippen LogP contribution in [-0.4, -0.2) is 51.4 Å². The molecule has 162 valence electrons. The van der Waals surface area contributed by atoms with Crippen molar-refractivity contribution in [3.05, 3.63) is 42.7 Å². The largest absolute Gasteiger partial charge is 0.494 e. The Kier molecular flexibility index (Phi) is 5.98. The van der Waals surface area contributed by atoms with Crippen molar-refractivity contribution in [2.45, 2.75) is 25.8 Å². The van der Waals surface area contributed by atoms with Crippen LogP contribution in [0.4, 0.5) is 5.82 Å². The van der Waals surface area contributed by atoms with E-state index >= 15 is 0 Å². The molecular weight excluding hydrogens is 412 g/mol. The van der Waals surface area contributed by atoms with Gasteiger partial charge in [0, 0.05) is 5.56 Å². The highest BCUT2D eigenvalue weighted by Gasteiger charge is 2.25. The fourth-order valence-corrected chi connectivity index (χ4v) is 4.32. The number of nitrogens with two attached hydrogens (primary N) is 1. The molecule has 0 saturated carbocycles. The van der Waals surface area contributed by atoms with Crippen LogP contribution in [0.15, 0.2) is 42.7 Å². The van der Waals surface area contributed by atoms with E-state index in [2.05, 4.69) is 56.9 Å². The second-order valence-electron chi connectivity index (χ2n) is 7.94. The van der Waals surface area contributed by atoms with Crippen LogP contribution in [-0.2, 0) is 0 Å². The van der Waals surface area contributed by atoms with Gasteiger partial charge in [-0.15, -0.1) is 12.4 Å². The minimum Gasteiger partial charge on any atom is -0.494 e. The van der Waals surface area contributed by atoms with Crippen molar-refractivity contribution in [1.29, 1.82) is 0 Å². The molecule has 2 N–H and O–H groups in total. The highest BCUT2D eigenvalue weighted by Crippen LogP contribution is 2.35. The molecule has 31 heavy (non-hydrogen) atoms. The standard InChI is InChI=1S/C23H26N6O.ClH/c1-3-30-19-7-6-15-12-17(5-4-16(15)13-19)21-20-22(24)25-14-26-23(20)29(27-21)18-8-10-28(2)11-9-18;/h4-7,12-14,18H,3,8-11H2,1-2H3,(H2,24,25,26);1H. The zero-order valence-corrected chi connectivity index (χ0v) is 18.6. The maximum absolute atomic E-state index is 6.30. The molecule has 0 unspecified atom stereocenters. The number of anilines is 1. The SMILES string of the molecule is CCOc1ccc2cc(-c3nn(C4CCN(C)CC4)c4ncnc(N)c34)ccc2c1.Cl. The highest BCUT2D eigenvalue weighted by atomic mass is 35.5. The van der Waals surface area contributed by atoms with Gasteiger partial charge in [0.2, 0.25) is 0 Å². The van der Waals surface area contributed by atoms with Gasteiger partial charge in [0.25, 0.3) is 0 Å². The first kappa shape index (κ1) is 21.3. The quantitative estimate of drug-likeness (QED) is 0.511. The molecule has 7 nitrogen and oxygen atoms in total. The maximum atomic E-state index is 6.30. The second-order valence-corrected chi connectivity index (χ2v) is 7.94. The molecule has 1 saturated heterocycles. The van der Waals surface area contributed by atoms with Gasteiger partial charge in [-0.25, -0.2) is 14.6 Å². The number of fused-ring (bicyclic) bond motifs is 2. The third kappa shape index (κ3) is 3.91. The Bertz CT molecular complexity index is 1220. The topological polar surface area (TPSA) is 82.1 Å². The van der Waals surface area contributed by atoms with E-state index in [4.69, 9.17) is 15.6 Å². The predicted octanol–water partition coefficient (Wildman–Crippen LogP) is 4.32. The molecule has 1 aliphatic rings. The molecule has 2 aromatic carbocycles. The zero-order chi connectivity index (χ0) is 20.7. The highest BCUT2D eigenvalue weighted by molar-refractivity contribution is 6.00. The van der Waals surface area contributed by atoms with Crippen LogP contribution < -0.4 is 10.5 Å². The Morgan fingerprint density at radius 2 is 1.81 bits per heavy atom. The number of piperidine rings is 1. The Morgan fingerprint density at radius 1 is 1.06 bits per heavy atom. The Morgan fingerprint density at radius 3 is 2.58 bits per heavy atom. The molecule has 0 spiro atoms. The van der Waals surface area contributed by atoms with E-state index in [0.717, 1.165) is 64.7 Å². The maximum Gasteiger partial charge on any atom is 0.164 e. The number of halogens is 1. The van der Waals surface area contributed by atoms with Gasteiger partial charge in [0.1, 0.15) is 23.6 Å². The van der Waals surface area contributed by atoms with E-state index in [1.807, 2.05) is 13.0 Å². The van der Waals surface area contributed by atoms with Crippen molar-refractivity contribution in [3.63, 3.8) is 0 Å². The van der Waals surface area contributed by atoms with Gasteiger partial charge < -0.3 is 15.4 Å². The minimum absolute atomic E-state index is 0. The van der Waals surface area contributed by atoms with Crippen LogP contribution in [0.25, 0.3) is 33.1 Å². The molecule has 0 radical (unpaired) electrons. The molecule has 1 fully saturated rings. The van der Waals surface area contributed by atoms with Crippen molar-refractivity contribution >= 4 is 40.0 Å². The summed E-state index contributed by atoms with van der Waals surface area (Å²) < 4.78 is 7.70. The number of hydrogen-bond donors (Lipinski definition) is 1. The van der Waals surface area contributed by atoms with Crippen molar-refractivity contribution < 1.29 is 4.74 Å². The summed E-state index contributed by atoms with van der Waals surface area (Å²) in [5.41, 5.74) is 8.98. The van der Waals surface area contributed by atoms with E-state index < -0.39 is 0 Å². The number of nitrogens with zero attached hydrogens (tertiary/aromatic N) is 5. The number of nitrogen functional groups attached to an aromatic ring is 1. The lowest BCUT2D eigenvalue weighted by molar-refractivity contribution is 0.215. The normalized spacial score (nSPS) is 15.3. The summed E-state index contributed by atoms with van der Waals surface area (Å²) in [5, 5.41) is 8.11. The van der Waals surface area contributed by atoms with Crippen LogP contribution in [0.1, 0.15) is 25.8 Å². The monoisotopic (exact) mass is 438 g/mol. The molecule has 0 bridgehead atoms. The summed E-state index contributed by atoms with van der Waals surface area (Å²) in [6.45, 7) is 4.76. The average Bonchev–Trinajstić information content (AvgIpc) is 3.15. The predicted molar refractivity (Wildman–Crippen MR) is 127 cm³/mol. The van der Waals surface area contributed by atoms with Gasteiger partial charge >= 0.3 is 0 Å². The van der Waals surface area contributed by atoms with Crippen LogP contribution in [0.2, 0.25) is 0 Å². The van der Waals surface area contributed by atoms with Gasteiger partial charge in [-0.3, -0.25) is 0 Å². The lowest BCUT2D eigenvalue weighted by Crippen LogP contribution is -2.31. The summed E-state index contributed by atoms with van der Waals surface area (Å²) in [6.07, 6.45) is 3.63. The smallest absolute Gasteiger partial charge is 0.164 e. The molecule has 2 aromatic heterocycles. The molecular formula is C23H27ClN6O. The van der Waals surface area contributed by atoms with Crippen LogP contribution >= 0.6 is 12.4 Å². The Labute approximate surface area is 187 Å². The Balaban J connectivity index is 0.00000231. The van der Waals surface area contributed by atoms with E-state index in [0.29, 0.717) is 18.5 Å². The number of rotatable bonds is 4. The fraction of sp³-hybridized carbons (Fsp3) is 0.348. The average molecular weight is 439 g/mol. The molecule has 4 aromatic rings. The second kappa shape index (κ2) is 8.69. The van der Waals surface area contributed by atoms with Crippen LogP contribution in [0.3, 0.4) is 0 Å². The Hall–Kier alpha value is -2.90. The van der Waals surface area contributed by atoms with E-state index in [1.54, 1.807) is 0 Å². The molecule has 3 heterocycles. The van der Waals surface area contributed by atoms with Crippen molar-refractivity contribution in [2.75, 3.05) is 32.5 Å². The van der Waals surface area contributed by atoms with Crippen molar-refractivity contribution in [3.8, 4) is 17.0 Å². The molecule has 0 atom stereocenters. The molecule has 0 amide bonds.